The predicted octanol–water partition coefficient (Wildman–Crippen LogP) is 2.25. The van der Waals surface area contributed by atoms with Gasteiger partial charge in [0.1, 0.15) is 30.0 Å². The van der Waals surface area contributed by atoms with Gasteiger partial charge in [0.25, 0.3) is 0 Å². The molecule has 1 atom stereocenters. The SMILES string of the molecule is CC(=O)NC[C@H]1CN(c2ccc(N3CCN(Cc4ccc(/C(C)=N\OCc5cn(O)cc(O)c5=O)o4)CC3)c(F)c2)C(=O)O1. The normalized spacial score (nSPS) is 17.6. The molecule has 0 spiro atoms. The maximum atomic E-state index is 15.2. The van der Waals surface area contributed by atoms with Gasteiger partial charge in [-0.3, -0.25) is 19.4 Å². The number of amides is 2. The van der Waals surface area contributed by atoms with Crippen LogP contribution in [0.5, 0.6) is 5.75 Å². The number of halogens is 1. The number of oxime groups is 1. The van der Waals surface area contributed by atoms with Crippen LogP contribution in [-0.4, -0.2) is 83.0 Å². The number of anilines is 2. The van der Waals surface area contributed by atoms with E-state index >= 15 is 4.39 Å². The highest BCUT2D eigenvalue weighted by molar-refractivity contribution is 5.95. The Morgan fingerprint density at radius 2 is 1.91 bits per heavy atom. The number of aromatic hydroxyl groups is 1. The Balaban J connectivity index is 1.11. The van der Waals surface area contributed by atoms with Crippen molar-refractivity contribution in [2.24, 2.45) is 5.16 Å². The van der Waals surface area contributed by atoms with E-state index in [1.165, 1.54) is 17.9 Å². The van der Waals surface area contributed by atoms with Crippen molar-refractivity contribution in [3.63, 3.8) is 0 Å². The Bertz CT molecular complexity index is 1610. The van der Waals surface area contributed by atoms with Crippen molar-refractivity contribution in [3.05, 3.63) is 75.9 Å². The molecule has 1 aromatic carbocycles. The van der Waals surface area contributed by atoms with E-state index < -0.39 is 29.2 Å². The van der Waals surface area contributed by atoms with Gasteiger partial charge in [-0.15, -0.1) is 0 Å². The zero-order valence-corrected chi connectivity index (χ0v) is 24.2. The van der Waals surface area contributed by atoms with Gasteiger partial charge < -0.3 is 34.5 Å². The molecule has 0 unspecified atom stereocenters. The largest absolute Gasteiger partial charge is 0.503 e. The fourth-order valence-electron chi connectivity index (χ4n) is 4.99. The molecule has 4 heterocycles. The van der Waals surface area contributed by atoms with E-state index in [4.69, 9.17) is 14.0 Å². The van der Waals surface area contributed by atoms with Crippen molar-refractivity contribution in [1.29, 1.82) is 0 Å². The molecule has 2 saturated heterocycles. The Morgan fingerprint density at radius 1 is 1.14 bits per heavy atom. The standard InChI is InChI=1S/C29H33FN6O8/c1-18(32-42-17-20-13-35(41)16-26(38)28(20)39)27-6-4-22(43-27)14-33-7-9-34(10-8-33)25-5-3-21(11-24(25)30)36-15-23(44-29(36)40)12-31-19(2)37/h3-6,11,13,16,23,38,41H,7-10,12,14-15,17H2,1-2H3,(H,31,37)/b32-18-/t23-/m0/s1. The fourth-order valence-corrected chi connectivity index (χ4v) is 4.99. The third-order valence-electron chi connectivity index (χ3n) is 7.29. The number of nitrogens with zero attached hydrogens (tertiary/aromatic N) is 5. The van der Waals surface area contributed by atoms with Gasteiger partial charge in [0.2, 0.25) is 11.3 Å². The Labute approximate surface area is 251 Å². The van der Waals surface area contributed by atoms with E-state index in [9.17, 15) is 24.7 Å². The van der Waals surface area contributed by atoms with E-state index in [0.717, 1.165) is 12.4 Å². The first kappa shape index (κ1) is 30.4. The van der Waals surface area contributed by atoms with Crippen molar-refractivity contribution in [3.8, 4) is 5.75 Å². The van der Waals surface area contributed by atoms with Gasteiger partial charge in [-0.2, -0.15) is 4.73 Å². The number of hydrogen-bond donors (Lipinski definition) is 3. The average Bonchev–Trinajstić information content (AvgIpc) is 3.61. The summed E-state index contributed by atoms with van der Waals surface area (Å²) in [5.74, 6) is -0.0621. The quantitative estimate of drug-likeness (QED) is 0.176. The highest BCUT2D eigenvalue weighted by Gasteiger charge is 2.33. The molecular weight excluding hydrogens is 579 g/mol. The van der Waals surface area contributed by atoms with Gasteiger partial charge in [-0.1, -0.05) is 5.16 Å². The van der Waals surface area contributed by atoms with Gasteiger partial charge in [-0.05, 0) is 37.3 Å². The highest BCUT2D eigenvalue weighted by atomic mass is 19.1. The number of hydrogen-bond acceptors (Lipinski definition) is 11. The number of aromatic nitrogens is 1. The second-order valence-electron chi connectivity index (χ2n) is 10.5. The van der Waals surface area contributed by atoms with Crippen molar-refractivity contribution < 1.29 is 38.3 Å². The zero-order valence-electron chi connectivity index (χ0n) is 24.2. The number of ether oxygens (including phenoxy) is 1. The van der Waals surface area contributed by atoms with Crippen LogP contribution in [0.2, 0.25) is 0 Å². The first-order valence-corrected chi connectivity index (χ1v) is 14.0. The number of pyridine rings is 1. The molecule has 2 aliphatic rings. The summed E-state index contributed by atoms with van der Waals surface area (Å²) in [7, 11) is 0. The monoisotopic (exact) mass is 612 g/mol. The lowest BCUT2D eigenvalue weighted by molar-refractivity contribution is -0.119. The van der Waals surface area contributed by atoms with Gasteiger partial charge in [-0.25, -0.2) is 9.18 Å². The molecule has 14 nitrogen and oxygen atoms in total. The van der Waals surface area contributed by atoms with Crippen LogP contribution in [0.4, 0.5) is 20.6 Å². The average molecular weight is 613 g/mol. The van der Waals surface area contributed by atoms with E-state index in [-0.39, 0.29) is 31.2 Å². The topological polar surface area (TPSA) is 162 Å². The van der Waals surface area contributed by atoms with Crippen LogP contribution in [0.25, 0.3) is 0 Å². The van der Waals surface area contributed by atoms with Crippen LogP contribution < -0.4 is 20.5 Å². The number of carbonyl (C=O) groups is 2. The number of nitrogens with one attached hydrogen (secondary N) is 1. The molecule has 2 fully saturated rings. The molecule has 44 heavy (non-hydrogen) atoms. The number of carbonyl (C=O) groups excluding carboxylic acids is 2. The lowest BCUT2D eigenvalue weighted by atomic mass is 10.2. The molecule has 3 N–H and O–H groups in total. The number of cyclic esters (lactones) is 1. The Kier molecular flexibility index (Phi) is 9.04. The van der Waals surface area contributed by atoms with E-state index in [2.05, 4.69) is 15.4 Å². The fraction of sp³-hybridized carbons (Fsp3) is 0.379. The van der Waals surface area contributed by atoms with E-state index in [0.29, 0.717) is 66.1 Å². The first-order chi connectivity index (χ1) is 21.1. The highest BCUT2D eigenvalue weighted by Crippen LogP contribution is 2.29. The molecule has 2 aromatic heterocycles. The minimum Gasteiger partial charge on any atom is -0.503 e. The second kappa shape index (κ2) is 13.1. The summed E-state index contributed by atoms with van der Waals surface area (Å²) < 4.78 is 26.9. The second-order valence-corrected chi connectivity index (χ2v) is 10.5. The lowest BCUT2D eigenvalue weighted by Gasteiger charge is -2.36. The van der Waals surface area contributed by atoms with Crippen molar-refractivity contribution in [2.75, 3.05) is 49.1 Å². The number of furan rings is 1. The van der Waals surface area contributed by atoms with Crippen LogP contribution in [0.3, 0.4) is 0 Å². The maximum Gasteiger partial charge on any atom is 0.414 e. The summed E-state index contributed by atoms with van der Waals surface area (Å²) in [5, 5.41) is 25.6. The van der Waals surface area contributed by atoms with Crippen LogP contribution in [0, 0.1) is 5.82 Å². The van der Waals surface area contributed by atoms with Crippen molar-refractivity contribution in [1.82, 2.24) is 14.9 Å². The minimum absolute atomic E-state index is 0.0313. The number of piperazine rings is 1. The summed E-state index contributed by atoms with van der Waals surface area (Å²) in [6, 6.07) is 8.28. The maximum absolute atomic E-state index is 15.2. The molecule has 0 bridgehead atoms. The minimum atomic E-state index is -0.661. The third kappa shape index (κ3) is 7.11. The van der Waals surface area contributed by atoms with E-state index in [1.54, 1.807) is 25.1 Å². The van der Waals surface area contributed by atoms with Crippen LogP contribution in [-0.2, 0) is 27.5 Å². The van der Waals surface area contributed by atoms with Gasteiger partial charge in [0, 0.05) is 33.1 Å². The van der Waals surface area contributed by atoms with Crippen molar-refractivity contribution >= 4 is 29.1 Å². The Hall–Kier alpha value is -5.05. The van der Waals surface area contributed by atoms with Gasteiger partial charge >= 0.3 is 6.09 Å². The molecule has 0 saturated carbocycles. The number of rotatable bonds is 10. The molecule has 5 rings (SSSR count). The van der Waals surface area contributed by atoms with Gasteiger partial charge in [0.05, 0.1) is 49.0 Å². The summed E-state index contributed by atoms with van der Waals surface area (Å²) >= 11 is 0. The van der Waals surface area contributed by atoms with Crippen LogP contribution >= 0.6 is 0 Å². The van der Waals surface area contributed by atoms with E-state index in [1.807, 2.05) is 11.0 Å². The molecule has 2 aliphatic heterocycles. The molecular formula is C29H33FN6O8. The molecule has 234 valence electrons. The summed E-state index contributed by atoms with van der Waals surface area (Å²) in [5.41, 5.74) is 0.655. The molecule has 0 aliphatic carbocycles. The molecule has 3 aromatic rings. The summed E-state index contributed by atoms with van der Waals surface area (Å²) in [6.45, 7) is 6.29. The third-order valence-corrected chi connectivity index (χ3v) is 7.29. The molecule has 2 amide bonds. The number of benzene rings is 1. The first-order valence-electron chi connectivity index (χ1n) is 14.0. The Morgan fingerprint density at radius 3 is 2.64 bits per heavy atom. The zero-order chi connectivity index (χ0) is 31.4. The lowest BCUT2D eigenvalue weighted by Crippen LogP contribution is -2.46. The summed E-state index contributed by atoms with van der Waals surface area (Å²) in [6.07, 6.45) is 0.920. The molecule has 0 radical (unpaired) electrons. The smallest absolute Gasteiger partial charge is 0.414 e. The predicted molar refractivity (Wildman–Crippen MR) is 155 cm³/mol. The van der Waals surface area contributed by atoms with Crippen molar-refractivity contribution in [2.45, 2.75) is 33.1 Å². The molecule has 15 heteroatoms. The summed E-state index contributed by atoms with van der Waals surface area (Å²) in [4.78, 5) is 46.1. The van der Waals surface area contributed by atoms with Gasteiger partial charge in [0.15, 0.2) is 11.5 Å². The van der Waals surface area contributed by atoms with Crippen LogP contribution in [0.15, 0.2) is 57.1 Å². The van der Waals surface area contributed by atoms with Crippen LogP contribution in [0.1, 0.15) is 30.9 Å².